The van der Waals surface area contributed by atoms with Gasteiger partial charge >= 0.3 is 5.97 Å². The SMILES string of the molecule is CCOC(=O)c1cccc(N2CCOC(CO)C2)c1N. The van der Waals surface area contributed by atoms with E-state index in [1.807, 2.05) is 11.0 Å². The standard InChI is InChI=1S/C14H20N2O4/c1-2-19-14(18)11-4-3-5-12(13(11)15)16-6-7-20-10(8-16)9-17/h3-5,10,17H,2,6-9,15H2,1H3. The van der Waals surface area contributed by atoms with Crippen LogP contribution in [0.5, 0.6) is 0 Å². The minimum atomic E-state index is -0.418. The highest BCUT2D eigenvalue weighted by Crippen LogP contribution is 2.28. The van der Waals surface area contributed by atoms with Crippen LogP contribution in [0.1, 0.15) is 17.3 Å². The predicted octanol–water partition coefficient (Wildman–Crippen LogP) is 0.643. The molecular formula is C14H20N2O4. The summed E-state index contributed by atoms with van der Waals surface area (Å²) < 4.78 is 10.4. The van der Waals surface area contributed by atoms with E-state index in [1.165, 1.54) is 0 Å². The van der Waals surface area contributed by atoms with Gasteiger partial charge < -0.3 is 25.2 Å². The van der Waals surface area contributed by atoms with Crippen molar-refractivity contribution in [2.24, 2.45) is 0 Å². The molecule has 1 heterocycles. The first-order valence-electron chi connectivity index (χ1n) is 6.70. The molecule has 0 spiro atoms. The van der Waals surface area contributed by atoms with E-state index in [1.54, 1.807) is 19.1 Å². The summed E-state index contributed by atoms with van der Waals surface area (Å²) in [5.74, 6) is -0.418. The van der Waals surface area contributed by atoms with E-state index in [2.05, 4.69) is 0 Å². The molecule has 0 aliphatic carbocycles. The predicted molar refractivity (Wildman–Crippen MR) is 75.8 cm³/mol. The zero-order valence-corrected chi connectivity index (χ0v) is 11.5. The molecule has 2 rings (SSSR count). The molecule has 110 valence electrons. The first kappa shape index (κ1) is 14.6. The average Bonchev–Trinajstić information content (AvgIpc) is 2.47. The number of benzene rings is 1. The maximum atomic E-state index is 11.8. The van der Waals surface area contributed by atoms with E-state index < -0.39 is 5.97 Å². The summed E-state index contributed by atoms with van der Waals surface area (Å²) in [5.41, 5.74) is 7.64. The van der Waals surface area contributed by atoms with Gasteiger partial charge in [0.1, 0.15) is 0 Å². The van der Waals surface area contributed by atoms with Crippen LogP contribution in [0.25, 0.3) is 0 Å². The lowest BCUT2D eigenvalue weighted by atomic mass is 10.1. The Morgan fingerprint density at radius 2 is 2.40 bits per heavy atom. The number of ether oxygens (including phenoxy) is 2. The Bertz CT molecular complexity index is 478. The molecule has 6 nitrogen and oxygen atoms in total. The summed E-state index contributed by atoms with van der Waals surface area (Å²) in [6.45, 7) is 3.78. The number of hydrogen-bond acceptors (Lipinski definition) is 6. The van der Waals surface area contributed by atoms with Crippen LogP contribution in [-0.2, 0) is 9.47 Å². The van der Waals surface area contributed by atoms with Crippen molar-refractivity contribution in [2.75, 3.05) is 43.5 Å². The minimum Gasteiger partial charge on any atom is -0.462 e. The van der Waals surface area contributed by atoms with Gasteiger partial charge in [-0.05, 0) is 19.1 Å². The maximum Gasteiger partial charge on any atom is 0.340 e. The lowest BCUT2D eigenvalue weighted by Crippen LogP contribution is -2.44. The van der Waals surface area contributed by atoms with Crippen LogP contribution in [0.3, 0.4) is 0 Å². The smallest absolute Gasteiger partial charge is 0.340 e. The molecule has 1 saturated heterocycles. The molecule has 1 unspecified atom stereocenters. The molecule has 20 heavy (non-hydrogen) atoms. The number of nitrogen functional groups attached to an aromatic ring is 1. The van der Waals surface area contributed by atoms with Gasteiger partial charge in [0, 0.05) is 13.1 Å². The topological polar surface area (TPSA) is 85.0 Å². The van der Waals surface area contributed by atoms with Crippen molar-refractivity contribution in [2.45, 2.75) is 13.0 Å². The number of nitrogens with two attached hydrogens (primary N) is 1. The quantitative estimate of drug-likeness (QED) is 0.622. The van der Waals surface area contributed by atoms with Gasteiger partial charge in [0.05, 0.1) is 42.9 Å². The second-order valence-electron chi connectivity index (χ2n) is 4.58. The van der Waals surface area contributed by atoms with Crippen molar-refractivity contribution in [1.82, 2.24) is 0 Å². The first-order chi connectivity index (χ1) is 9.67. The van der Waals surface area contributed by atoms with Gasteiger partial charge in [0.2, 0.25) is 0 Å². The van der Waals surface area contributed by atoms with E-state index in [0.29, 0.717) is 37.6 Å². The molecule has 1 atom stereocenters. The third-order valence-corrected chi connectivity index (χ3v) is 3.26. The molecule has 6 heteroatoms. The number of carbonyl (C=O) groups excluding carboxylic acids is 1. The number of nitrogens with zero attached hydrogens (tertiary/aromatic N) is 1. The molecule has 1 aliphatic rings. The summed E-state index contributed by atoms with van der Waals surface area (Å²) >= 11 is 0. The fourth-order valence-corrected chi connectivity index (χ4v) is 2.26. The molecule has 1 aromatic carbocycles. The molecule has 1 fully saturated rings. The second kappa shape index (κ2) is 6.58. The Kier molecular flexibility index (Phi) is 4.81. The van der Waals surface area contributed by atoms with Crippen LogP contribution in [0, 0.1) is 0 Å². The lowest BCUT2D eigenvalue weighted by Gasteiger charge is -2.34. The van der Waals surface area contributed by atoms with Gasteiger partial charge in [0.25, 0.3) is 0 Å². The summed E-state index contributed by atoms with van der Waals surface area (Å²) in [6.07, 6.45) is -0.227. The molecule has 0 saturated carbocycles. The van der Waals surface area contributed by atoms with Gasteiger partial charge in [-0.15, -0.1) is 0 Å². The third-order valence-electron chi connectivity index (χ3n) is 3.26. The monoisotopic (exact) mass is 280 g/mol. The average molecular weight is 280 g/mol. The number of esters is 1. The Morgan fingerprint density at radius 1 is 1.60 bits per heavy atom. The zero-order valence-electron chi connectivity index (χ0n) is 11.5. The summed E-state index contributed by atoms with van der Waals surface area (Å²) in [5, 5.41) is 9.18. The Hall–Kier alpha value is -1.79. The minimum absolute atomic E-state index is 0.0338. The van der Waals surface area contributed by atoms with Crippen LogP contribution < -0.4 is 10.6 Å². The van der Waals surface area contributed by atoms with Crippen LogP contribution in [0.4, 0.5) is 11.4 Å². The number of para-hydroxylation sites is 1. The fraction of sp³-hybridized carbons (Fsp3) is 0.500. The van der Waals surface area contributed by atoms with Gasteiger partial charge in [-0.1, -0.05) is 6.07 Å². The molecule has 0 radical (unpaired) electrons. The largest absolute Gasteiger partial charge is 0.462 e. The van der Waals surface area contributed by atoms with Gasteiger partial charge in [-0.3, -0.25) is 0 Å². The van der Waals surface area contributed by atoms with E-state index in [4.69, 9.17) is 15.2 Å². The lowest BCUT2D eigenvalue weighted by molar-refractivity contribution is 0.00360. The van der Waals surface area contributed by atoms with Crippen molar-refractivity contribution in [1.29, 1.82) is 0 Å². The number of anilines is 2. The fourth-order valence-electron chi connectivity index (χ4n) is 2.26. The maximum absolute atomic E-state index is 11.8. The Morgan fingerprint density at radius 3 is 3.10 bits per heavy atom. The molecule has 0 amide bonds. The number of hydrogen-bond donors (Lipinski definition) is 2. The van der Waals surface area contributed by atoms with Crippen molar-refractivity contribution < 1.29 is 19.4 Å². The Balaban J connectivity index is 2.24. The van der Waals surface area contributed by atoms with Crippen molar-refractivity contribution in [3.63, 3.8) is 0 Å². The van der Waals surface area contributed by atoms with Crippen molar-refractivity contribution in [3.8, 4) is 0 Å². The number of aliphatic hydroxyl groups is 1. The van der Waals surface area contributed by atoms with Crippen LogP contribution >= 0.6 is 0 Å². The highest BCUT2D eigenvalue weighted by atomic mass is 16.5. The normalized spacial score (nSPS) is 18.9. The summed E-state index contributed by atoms with van der Waals surface area (Å²) in [4.78, 5) is 13.9. The number of morpholine rings is 1. The molecule has 3 N–H and O–H groups in total. The van der Waals surface area contributed by atoms with Gasteiger partial charge in [-0.25, -0.2) is 4.79 Å². The van der Waals surface area contributed by atoms with Crippen molar-refractivity contribution >= 4 is 17.3 Å². The Labute approximate surface area is 118 Å². The third kappa shape index (κ3) is 3.02. The highest BCUT2D eigenvalue weighted by molar-refractivity contribution is 5.98. The molecular weight excluding hydrogens is 260 g/mol. The van der Waals surface area contributed by atoms with Gasteiger partial charge in [-0.2, -0.15) is 0 Å². The second-order valence-corrected chi connectivity index (χ2v) is 4.58. The van der Waals surface area contributed by atoms with E-state index >= 15 is 0 Å². The van der Waals surface area contributed by atoms with Crippen LogP contribution in [0.2, 0.25) is 0 Å². The molecule has 1 aliphatic heterocycles. The number of carbonyl (C=O) groups is 1. The van der Waals surface area contributed by atoms with E-state index in [-0.39, 0.29) is 12.7 Å². The van der Waals surface area contributed by atoms with E-state index in [9.17, 15) is 9.90 Å². The van der Waals surface area contributed by atoms with Crippen LogP contribution in [-0.4, -0.2) is 50.1 Å². The van der Waals surface area contributed by atoms with Crippen LogP contribution in [0.15, 0.2) is 18.2 Å². The molecule has 0 aromatic heterocycles. The summed E-state index contributed by atoms with van der Waals surface area (Å²) in [7, 11) is 0. The van der Waals surface area contributed by atoms with Crippen molar-refractivity contribution in [3.05, 3.63) is 23.8 Å². The van der Waals surface area contributed by atoms with E-state index in [0.717, 1.165) is 5.69 Å². The first-order valence-corrected chi connectivity index (χ1v) is 6.70. The molecule has 1 aromatic rings. The highest BCUT2D eigenvalue weighted by Gasteiger charge is 2.23. The summed E-state index contributed by atoms with van der Waals surface area (Å²) in [6, 6.07) is 5.29. The number of rotatable bonds is 4. The van der Waals surface area contributed by atoms with Gasteiger partial charge in [0.15, 0.2) is 0 Å². The number of aliphatic hydroxyl groups excluding tert-OH is 1. The molecule has 0 bridgehead atoms. The zero-order chi connectivity index (χ0) is 14.5.